The molecule has 0 rings (SSSR count). The van der Waals surface area contributed by atoms with Gasteiger partial charge in [0.05, 0.1) is 0 Å². The van der Waals surface area contributed by atoms with Crippen molar-refractivity contribution in [2.24, 2.45) is 0 Å². The van der Waals surface area contributed by atoms with Gasteiger partial charge in [0.15, 0.2) is 0 Å². The zero-order chi connectivity index (χ0) is 10.4. The second-order valence-corrected chi connectivity index (χ2v) is 3.60. The number of nitrogens with one attached hydrogen (secondary N) is 1. The van der Waals surface area contributed by atoms with Gasteiger partial charge in [-0.2, -0.15) is 0 Å². The fourth-order valence-electron chi connectivity index (χ4n) is 1.04. The summed E-state index contributed by atoms with van der Waals surface area (Å²) in [5.74, 6) is -0.739. The Labute approximate surface area is 79.8 Å². The van der Waals surface area contributed by atoms with Gasteiger partial charge in [-0.1, -0.05) is 5.57 Å². The van der Waals surface area contributed by atoms with Crippen molar-refractivity contribution in [3.05, 3.63) is 11.3 Å². The average molecular weight is 185 g/mol. The zero-order valence-corrected chi connectivity index (χ0v) is 8.85. The standard InChI is InChI=1S/C10H19NO2/c1-7(2)11-9(4)8(3)5-6-10(12)13/h7,11H,5-6H2,1-4H3,(H,12,13)/b9-8+. The fraction of sp³-hybridized carbons (Fsp3) is 0.700. The van der Waals surface area contributed by atoms with Gasteiger partial charge in [0.2, 0.25) is 0 Å². The lowest BCUT2D eigenvalue weighted by Crippen LogP contribution is -2.21. The Morgan fingerprint density at radius 2 is 1.85 bits per heavy atom. The van der Waals surface area contributed by atoms with Crippen LogP contribution in [0.5, 0.6) is 0 Å². The Morgan fingerprint density at radius 3 is 2.23 bits per heavy atom. The molecule has 0 fully saturated rings. The maximum atomic E-state index is 10.3. The van der Waals surface area contributed by atoms with Gasteiger partial charge in [-0.3, -0.25) is 4.79 Å². The van der Waals surface area contributed by atoms with Crippen molar-refractivity contribution in [1.82, 2.24) is 5.32 Å². The largest absolute Gasteiger partial charge is 0.481 e. The fourth-order valence-corrected chi connectivity index (χ4v) is 1.04. The molecule has 0 aromatic rings. The predicted molar refractivity (Wildman–Crippen MR) is 53.5 cm³/mol. The van der Waals surface area contributed by atoms with E-state index in [1.54, 1.807) is 0 Å². The molecule has 0 amide bonds. The van der Waals surface area contributed by atoms with E-state index in [1.165, 1.54) is 0 Å². The molecule has 0 bridgehead atoms. The first-order chi connectivity index (χ1) is 5.93. The lowest BCUT2D eigenvalue weighted by molar-refractivity contribution is -0.136. The number of carbonyl (C=O) groups is 1. The van der Waals surface area contributed by atoms with Crippen molar-refractivity contribution >= 4 is 5.97 Å². The molecule has 76 valence electrons. The summed E-state index contributed by atoms with van der Waals surface area (Å²) in [5.41, 5.74) is 2.22. The van der Waals surface area contributed by atoms with Crippen molar-refractivity contribution < 1.29 is 9.90 Å². The number of hydrogen-bond acceptors (Lipinski definition) is 2. The first kappa shape index (κ1) is 12.0. The number of allylic oxidation sites excluding steroid dienone is 2. The van der Waals surface area contributed by atoms with Crippen LogP contribution in [0.3, 0.4) is 0 Å². The molecule has 13 heavy (non-hydrogen) atoms. The molecule has 3 heteroatoms. The highest BCUT2D eigenvalue weighted by Gasteiger charge is 2.01. The molecule has 0 aliphatic rings. The summed E-state index contributed by atoms with van der Waals surface area (Å²) in [7, 11) is 0. The topological polar surface area (TPSA) is 49.3 Å². The highest BCUT2D eigenvalue weighted by atomic mass is 16.4. The van der Waals surface area contributed by atoms with Crippen molar-refractivity contribution in [1.29, 1.82) is 0 Å². The van der Waals surface area contributed by atoms with E-state index in [9.17, 15) is 4.79 Å². The summed E-state index contributed by atoms with van der Waals surface area (Å²) in [6, 6.07) is 0.403. The van der Waals surface area contributed by atoms with E-state index in [-0.39, 0.29) is 6.42 Å². The highest BCUT2D eigenvalue weighted by Crippen LogP contribution is 2.08. The first-order valence-electron chi connectivity index (χ1n) is 4.58. The van der Waals surface area contributed by atoms with E-state index in [2.05, 4.69) is 19.2 Å². The third-order valence-electron chi connectivity index (χ3n) is 1.86. The number of rotatable bonds is 5. The lowest BCUT2D eigenvalue weighted by atomic mass is 10.1. The average Bonchev–Trinajstić information content (AvgIpc) is 1.98. The van der Waals surface area contributed by atoms with Gasteiger partial charge >= 0.3 is 5.97 Å². The molecule has 0 radical (unpaired) electrons. The molecule has 2 N–H and O–H groups in total. The smallest absolute Gasteiger partial charge is 0.303 e. The molecule has 0 atom stereocenters. The monoisotopic (exact) mass is 185 g/mol. The summed E-state index contributed by atoms with van der Waals surface area (Å²) >= 11 is 0. The minimum atomic E-state index is -0.739. The maximum absolute atomic E-state index is 10.3. The number of carboxylic acid groups (broad SMARTS) is 1. The molecule has 0 heterocycles. The van der Waals surface area contributed by atoms with E-state index >= 15 is 0 Å². The van der Waals surface area contributed by atoms with Gasteiger partial charge in [-0.05, 0) is 34.1 Å². The second-order valence-electron chi connectivity index (χ2n) is 3.60. The van der Waals surface area contributed by atoms with Crippen molar-refractivity contribution in [3.63, 3.8) is 0 Å². The number of carboxylic acids is 1. The van der Waals surface area contributed by atoms with Crippen molar-refractivity contribution in [2.75, 3.05) is 0 Å². The van der Waals surface area contributed by atoms with E-state index in [0.29, 0.717) is 12.5 Å². The van der Waals surface area contributed by atoms with Crippen LogP contribution in [0.1, 0.15) is 40.5 Å². The minimum absolute atomic E-state index is 0.211. The Kier molecular flexibility index (Phi) is 5.19. The molecule has 0 aromatic heterocycles. The minimum Gasteiger partial charge on any atom is -0.481 e. The molecule has 0 unspecified atom stereocenters. The summed E-state index contributed by atoms with van der Waals surface area (Å²) in [6.45, 7) is 8.08. The molecule has 0 aromatic carbocycles. The molecule has 0 aliphatic heterocycles. The molecule has 0 spiro atoms. The van der Waals surface area contributed by atoms with Gasteiger partial charge < -0.3 is 10.4 Å². The van der Waals surface area contributed by atoms with Crippen LogP contribution in [0.2, 0.25) is 0 Å². The lowest BCUT2D eigenvalue weighted by Gasteiger charge is -2.13. The summed E-state index contributed by atoms with van der Waals surface area (Å²) in [6.07, 6.45) is 0.837. The molecule has 0 saturated carbocycles. The zero-order valence-electron chi connectivity index (χ0n) is 8.85. The Bertz CT molecular complexity index is 207. The Morgan fingerprint density at radius 1 is 1.31 bits per heavy atom. The van der Waals surface area contributed by atoms with Crippen LogP contribution in [-0.4, -0.2) is 17.1 Å². The summed E-state index contributed by atoms with van der Waals surface area (Å²) < 4.78 is 0. The number of hydrogen-bond donors (Lipinski definition) is 2. The van der Waals surface area contributed by atoms with Crippen LogP contribution in [0.15, 0.2) is 11.3 Å². The maximum Gasteiger partial charge on any atom is 0.303 e. The van der Waals surface area contributed by atoms with Crippen LogP contribution in [0.4, 0.5) is 0 Å². The second kappa shape index (κ2) is 5.62. The van der Waals surface area contributed by atoms with E-state index in [4.69, 9.17) is 5.11 Å². The van der Waals surface area contributed by atoms with Crippen LogP contribution >= 0.6 is 0 Å². The van der Waals surface area contributed by atoms with Crippen LogP contribution in [0, 0.1) is 0 Å². The Balaban J connectivity index is 4.03. The third kappa shape index (κ3) is 6.20. The third-order valence-corrected chi connectivity index (χ3v) is 1.86. The molecule has 0 aliphatic carbocycles. The van der Waals surface area contributed by atoms with Gasteiger partial charge in [0, 0.05) is 18.2 Å². The van der Waals surface area contributed by atoms with Crippen LogP contribution < -0.4 is 5.32 Å². The van der Waals surface area contributed by atoms with Gasteiger partial charge in [-0.15, -0.1) is 0 Å². The first-order valence-corrected chi connectivity index (χ1v) is 4.58. The van der Waals surface area contributed by atoms with Crippen LogP contribution in [-0.2, 0) is 4.79 Å². The summed E-state index contributed by atoms with van der Waals surface area (Å²) in [4.78, 5) is 10.3. The van der Waals surface area contributed by atoms with Gasteiger partial charge in [0.1, 0.15) is 0 Å². The highest BCUT2D eigenvalue weighted by molar-refractivity contribution is 5.67. The van der Waals surface area contributed by atoms with E-state index in [1.807, 2.05) is 13.8 Å². The van der Waals surface area contributed by atoms with E-state index < -0.39 is 5.97 Å². The molecular formula is C10H19NO2. The number of aliphatic carboxylic acids is 1. The van der Waals surface area contributed by atoms with Crippen molar-refractivity contribution in [2.45, 2.75) is 46.6 Å². The Hall–Kier alpha value is -0.990. The van der Waals surface area contributed by atoms with Gasteiger partial charge in [-0.25, -0.2) is 0 Å². The van der Waals surface area contributed by atoms with Crippen LogP contribution in [0.25, 0.3) is 0 Å². The summed E-state index contributed by atoms with van der Waals surface area (Å²) in [5, 5.41) is 11.7. The quantitative estimate of drug-likeness (QED) is 0.690. The van der Waals surface area contributed by atoms with E-state index in [0.717, 1.165) is 11.3 Å². The SMILES string of the molecule is C/C(CCC(=O)O)=C(/C)NC(C)C. The molecule has 3 nitrogen and oxygen atoms in total. The predicted octanol–water partition coefficient (Wildman–Crippen LogP) is 2.14. The van der Waals surface area contributed by atoms with Gasteiger partial charge in [0.25, 0.3) is 0 Å². The normalized spacial score (nSPS) is 12.7. The van der Waals surface area contributed by atoms with Crippen molar-refractivity contribution in [3.8, 4) is 0 Å². The molecule has 0 saturated heterocycles. The molecular weight excluding hydrogens is 166 g/mol.